The number of anilines is 1. The number of rotatable bonds is 6. The highest BCUT2D eigenvalue weighted by molar-refractivity contribution is 6.31. The average Bonchev–Trinajstić information content (AvgIpc) is 2.99. The Morgan fingerprint density at radius 2 is 1.34 bits per heavy atom. The summed E-state index contributed by atoms with van der Waals surface area (Å²) in [5.74, 6) is 0.0443. The fourth-order valence-electron chi connectivity index (χ4n) is 4.77. The Balaban J connectivity index is 1.42. The minimum absolute atomic E-state index is 0.118. The van der Waals surface area contributed by atoms with Crippen LogP contribution in [0.5, 0.6) is 5.75 Å². The van der Waals surface area contributed by atoms with Crippen LogP contribution in [0.2, 0.25) is 10.0 Å². The highest BCUT2D eigenvalue weighted by Crippen LogP contribution is 2.38. The van der Waals surface area contributed by atoms with Crippen molar-refractivity contribution in [3.8, 4) is 39.4 Å². The van der Waals surface area contributed by atoms with Gasteiger partial charge in [-0.15, -0.1) is 0 Å². The van der Waals surface area contributed by atoms with E-state index in [0.29, 0.717) is 27.0 Å². The average molecular weight is 579 g/mol. The van der Waals surface area contributed by atoms with Crippen LogP contribution < -0.4 is 9.64 Å². The second-order valence-electron chi connectivity index (χ2n) is 9.88. The van der Waals surface area contributed by atoms with Crippen molar-refractivity contribution in [3.05, 3.63) is 124 Å². The van der Waals surface area contributed by atoms with Crippen LogP contribution in [-0.4, -0.2) is 29.8 Å². The van der Waals surface area contributed by atoms with Crippen molar-refractivity contribution < 1.29 is 14.3 Å². The van der Waals surface area contributed by atoms with Crippen molar-refractivity contribution in [3.63, 3.8) is 0 Å². The fraction of sp³-hybridized carbons (Fsp3) is 0.0882. The number of ketones is 1. The van der Waals surface area contributed by atoms with Gasteiger partial charge in [0.25, 0.3) is 5.91 Å². The first-order valence-corrected chi connectivity index (χ1v) is 13.8. The highest BCUT2D eigenvalue weighted by Gasteiger charge is 2.28. The van der Waals surface area contributed by atoms with Crippen LogP contribution in [0.4, 0.5) is 5.69 Å². The van der Waals surface area contributed by atoms with Gasteiger partial charge in [-0.3, -0.25) is 14.5 Å². The zero-order chi connectivity index (χ0) is 28.5. The summed E-state index contributed by atoms with van der Waals surface area (Å²) in [4.78, 5) is 32.5. The molecule has 1 aliphatic rings. The summed E-state index contributed by atoms with van der Waals surface area (Å²) < 4.78 is 5.72. The number of aromatic nitrogens is 1. The van der Waals surface area contributed by atoms with E-state index in [2.05, 4.69) is 30.3 Å². The van der Waals surface area contributed by atoms with Crippen LogP contribution in [0.25, 0.3) is 33.6 Å². The van der Waals surface area contributed by atoms with Gasteiger partial charge in [-0.25, -0.2) is 4.98 Å². The number of amides is 1. The lowest BCUT2D eigenvalue weighted by atomic mass is 9.99. The number of carbonyl (C=O) groups excluding carboxylic acids is 2. The van der Waals surface area contributed by atoms with Gasteiger partial charge in [0, 0.05) is 26.7 Å². The molecule has 0 fully saturated rings. The molecule has 5 nitrogen and oxygen atoms in total. The molecule has 6 rings (SSSR count). The molecule has 0 aliphatic carbocycles. The van der Waals surface area contributed by atoms with Gasteiger partial charge in [0.1, 0.15) is 5.75 Å². The van der Waals surface area contributed by atoms with Gasteiger partial charge in [-0.1, -0.05) is 65.2 Å². The van der Waals surface area contributed by atoms with Gasteiger partial charge in [0.05, 0.1) is 23.6 Å². The summed E-state index contributed by atoms with van der Waals surface area (Å²) in [5.41, 5.74) is 7.44. The van der Waals surface area contributed by atoms with Gasteiger partial charge in [-0.05, 0) is 84.8 Å². The van der Waals surface area contributed by atoms with Gasteiger partial charge >= 0.3 is 0 Å². The minimum Gasteiger partial charge on any atom is -0.482 e. The predicted molar refractivity (Wildman–Crippen MR) is 164 cm³/mol. The molecule has 0 spiro atoms. The predicted octanol–water partition coefficient (Wildman–Crippen LogP) is 8.31. The largest absolute Gasteiger partial charge is 0.482 e. The Morgan fingerprint density at radius 1 is 0.756 bits per heavy atom. The second-order valence-corrected chi connectivity index (χ2v) is 10.8. The van der Waals surface area contributed by atoms with Crippen molar-refractivity contribution in [2.45, 2.75) is 6.92 Å². The fourth-order valence-corrected chi connectivity index (χ4v) is 5.02. The molecule has 1 amide bonds. The lowest BCUT2D eigenvalue weighted by molar-refractivity contribution is -0.121. The quantitative estimate of drug-likeness (QED) is 0.190. The Kier molecular flexibility index (Phi) is 7.31. The number of pyridine rings is 1. The summed E-state index contributed by atoms with van der Waals surface area (Å²) in [6, 6.07) is 32.2. The lowest BCUT2D eigenvalue weighted by Gasteiger charge is -2.29. The van der Waals surface area contributed by atoms with Crippen LogP contribution in [0.3, 0.4) is 0 Å². The van der Waals surface area contributed by atoms with Crippen LogP contribution in [-0.2, 0) is 4.79 Å². The summed E-state index contributed by atoms with van der Waals surface area (Å²) in [7, 11) is 0. The molecule has 0 atom stereocenters. The number of benzene rings is 4. The first kappa shape index (κ1) is 26.8. The molecule has 0 saturated heterocycles. The van der Waals surface area contributed by atoms with Crippen molar-refractivity contribution in [1.29, 1.82) is 0 Å². The number of aryl methyl sites for hydroxylation is 1. The van der Waals surface area contributed by atoms with Crippen molar-refractivity contribution in [2.75, 3.05) is 18.1 Å². The van der Waals surface area contributed by atoms with Gasteiger partial charge < -0.3 is 4.74 Å². The van der Waals surface area contributed by atoms with Crippen molar-refractivity contribution in [1.82, 2.24) is 4.98 Å². The van der Waals surface area contributed by atoms with Crippen molar-refractivity contribution >= 4 is 40.6 Å². The number of Topliss-reactive ketones (excluding diaryl/α,β-unsaturated/α-hetero) is 1. The summed E-state index contributed by atoms with van der Waals surface area (Å²) >= 11 is 12.1. The van der Waals surface area contributed by atoms with Gasteiger partial charge in [-0.2, -0.15) is 0 Å². The maximum absolute atomic E-state index is 13.1. The van der Waals surface area contributed by atoms with E-state index in [1.165, 1.54) is 4.90 Å². The standard InChI is InChI=1S/C34H24Cl2N2O3/c1-21-2-4-23(5-3-21)29-16-26(22-6-11-27(35)12-7-22)17-30(37-29)25-10-15-33-31(18-25)38(34(40)20-41-33)19-32(39)24-8-13-28(36)14-9-24/h2-18H,19-20H2,1H3. The van der Waals surface area contributed by atoms with Crippen molar-refractivity contribution in [2.24, 2.45) is 0 Å². The monoisotopic (exact) mass is 578 g/mol. The number of hydrogen-bond acceptors (Lipinski definition) is 4. The van der Waals surface area contributed by atoms with Crippen LogP contribution in [0.1, 0.15) is 15.9 Å². The van der Waals surface area contributed by atoms with Crippen LogP contribution >= 0.6 is 23.2 Å². The molecule has 41 heavy (non-hydrogen) atoms. The summed E-state index contributed by atoms with van der Waals surface area (Å²) in [6.45, 7) is 1.79. The first-order chi connectivity index (χ1) is 19.8. The number of fused-ring (bicyclic) bond motifs is 1. The van der Waals surface area contributed by atoms with E-state index < -0.39 is 0 Å². The molecule has 1 aliphatic heterocycles. The van der Waals surface area contributed by atoms with E-state index in [4.69, 9.17) is 32.9 Å². The first-order valence-electron chi connectivity index (χ1n) is 13.1. The molecule has 4 aromatic carbocycles. The van der Waals surface area contributed by atoms with Crippen LogP contribution in [0.15, 0.2) is 103 Å². The topological polar surface area (TPSA) is 59.5 Å². The number of halogens is 2. The van der Waals surface area contributed by atoms with E-state index in [-0.39, 0.29) is 24.8 Å². The molecule has 0 saturated carbocycles. The van der Waals surface area contributed by atoms with E-state index in [1.807, 2.05) is 55.5 Å². The third kappa shape index (κ3) is 5.73. The molecule has 0 unspecified atom stereocenters. The molecule has 0 N–H and O–H groups in total. The zero-order valence-corrected chi connectivity index (χ0v) is 23.6. The van der Waals surface area contributed by atoms with Crippen LogP contribution in [0, 0.1) is 6.92 Å². The van der Waals surface area contributed by atoms with Gasteiger partial charge in [0.2, 0.25) is 0 Å². The molecule has 0 radical (unpaired) electrons. The SMILES string of the molecule is Cc1ccc(-c2cc(-c3ccc(Cl)cc3)cc(-c3ccc4c(c3)N(CC(=O)c3ccc(Cl)cc3)C(=O)CO4)n2)cc1. The normalized spacial score (nSPS) is 12.6. The third-order valence-corrected chi connectivity index (χ3v) is 7.52. The molecule has 2 heterocycles. The van der Waals surface area contributed by atoms with E-state index >= 15 is 0 Å². The Hall–Kier alpha value is -4.45. The van der Waals surface area contributed by atoms with E-state index in [9.17, 15) is 9.59 Å². The molecule has 5 aromatic rings. The van der Waals surface area contributed by atoms with E-state index in [0.717, 1.165) is 39.2 Å². The maximum atomic E-state index is 13.1. The molecular formula is C34H24Cl2N2O3. The zero-order valence-electron chi connectivity index (χ0n) is 22.1. The van der Waals surface area contributed by atoms with E-state index in [1.54, 1.807) is 24.3 Å². The number of ether oxygens (including phenoxy) is 1. The van der Waals surface area contributed by atoms with Gasteiger partial charge in [0.15, 0.2) is 12.4 Å². The smallest absolute Gasteiger partial charge is 0.265 e. The molecule has 7 heteroatoms. The number of nitrogens with zero attached hydrogens (tertiary/aromatic N) is 2. The Morgan fingerprint density at radius 3 is 2.02 bits per heavy atom. The molecule has 0 bridgehead atoms. The lowest BCUT2D eigenvalue weighted by Crippen LogP contribution is -2.42. The Labute approximate surface area is 248 Å². The molecule has 1 aromatic heterocycles. The minimum atomic E-state index is -0.291. The molecular weight excluding hydrogens is 555 g/mol. The summed E-state index contributed by atoms with van der Waals surface area (Å²) in [5, 5.41) is 1.20. The molecule has 202 valence electrons. The highest BCUT2D eigenvalue weighted by atomic mass is 35.5. The Bertz CT molecular complexity index is 1700. The second kappa shape index (κ2) is 11.2. The maximum Gasteiger partial charge on any atom is 0.265 e. The number of hydrogen-bond donors (Lipinski definition) is 0. The number of carbonyl (C=O) groups is 2. The summed E-state index contributed by atoms with van der Waals surface area (Å²) in [6.07, 6.45) is 0. The third-order valence-electron chi connectivity index (χ3n) is 7.02.